The zero-order chi connectivity index (χ0) is 14.1. The fourth-order valence-electron chi connectivity index (χ4n) is 1.69. The molecule has 0 saturated carbocycles. The average Bonchev–Trinajstić information content (AvgIpc) is 2.42. The Morgan fingerprint density at radius 3 is 2.53 bits per heavy atom. The summed E-state index contributed by atoms with van der Waals surface area (Å²) >= 11 is 0. The summed E-state index contributed by atoms with van der Waals surface area (Å²) in [6, 6.07) is 7.80. The summed E-state index contributed by atoms with van der Waals surface area (Å²) in [5, 5.41) is 9.73. The van der Waals surface area contributed by atoms with Crippen LogP contribution in [-0.4, -0.2) is 24.9 Å². The van der Waals surface area contributed by atoms with Gasteiger partial charge >= 0.3 is 0 Å². The van der Waals surface area contributed by atoms with Gasteiger partial charge in [0.15, 0.2) is 0 Å². The highest BCUT2D eigenvalue weighted by atomic mass is 16.5. The van der Waals surface area contributed by atoms with Crippen molar-refractivity contribution in [1.29, 1.82) is 0 Å². The number of aliphatic hydroxyl groups excluding tert-OH is 1. The smallest absolute Gasteiger partial charge is 0.118 e. The van der Waals surface area contributed by atoms with Crippen LogP contribution in [0.25, 0.3) is 0 Å². The Morgan fingerprint density at radius 1 is 1.26 bits per heavy atom. The van der Waals surface area contributed by atoms with Gasteiger partial charge in [-0.15, -0.1) is 6.58 Å². The molecule has 0 fully saturated rings. The highest BCUT2D eigenvalue weighted by molar-refractivity contribution is 5.26. The van der Waals surface area contributed by atoms with E-state index in [0.717, 1.165) is 29.7 Å². The van der Waals surface area contributed by atoms with Crippen LogP contribution < -0.4 is 4.74 Å². The van der Waals surface area contributed by atoms with Crippen molar-refractivity contribution >= 4 is 0 Å². The molecule has 19 heavy (non-hydrogen) atoms. The lowest BCUT2D eigenvalue weighted by Crippen LogP contribution is -2.10. The highest BCUT2D eigenvalue weighted by Crippen LogP contribution is 2.12. The number of rotatable bonds is 9. The summed E-state index contributed by atoms with van der Waals surface area (Å²) in [5.41, 5.74) is 2.22. The van der Waals surface area contributed by atoms with E-state index in [9.17, 15) is 5.11 Å². The summed E-state index contributed by atoms with van der Waals surface area (Å²) in [6.07, 6.45) is 2.01. The number of hydrogen-bond donors (Lipinski definition) is 1. The molecule has 0 heterocycles. The van der Waals surface area contributed by atoms with Gasteiger partial charge in [0.1, 0.15) is 5.75 Å². The lowest BCUT2D eigenvalue weighted by atomic mass is 10.1. The van der Waals surface area contributed by atoms with E-state index in [1.165, 1.54) is 0 Å². The number of hydrogen-bond acceptors (Lipinski definition) is 3. The van der Waals surface area contributed by atoms with Gasteiger partial charge in [-0.3, -0.25) is 0 Å². The standard InChI is InChI=1S/C16H24O3/c1-13(2)4-7-15(17)10-11-19-12-14-5-8-16(18-3)9-6-14/h5-6,8-9,15,17H,1,4,7,10-12H2,2-3H3. The molecule has 1 aromatic carbocycles. The van der Waals surface area contributed by atoms with Crippen molar-refractivity contribution in [3.8, 4) is 5.75 Å². The van der Waals surface area contributed by atoms with Crippen LogP contribution in [-0.2, 0) is 11.3 Å². The second-order valence-electron chi connectivity index (χ2n) is 4.84. The molecule has 0 aliphatic rings. The van der Waals surface area contributed by atoms with Crippen molar-refractivity contribution in [3.63, 3.8) is 0 Å². The molecule has 0 aliphatic heterocycles. The molecular weight excluding hydrogens is 240 g/mol. The number of allylic oxidation sites excluding steroid dienone is 1. The SMILES string of the molecule is C=C(C)CCC(O)CCOCc1ccc(OC)cc1. The zero-order valence-electron chi connectivity index (χ0n) is 11.9. The molecule has 1 rings (SSSR count). The minimum atomic E-state index is -0.299. The number of ether oxygens (including phenoxy) is 2. The zero-order valence-corrected chi connectivity index (χ0v) is 11.9. The van der Waals surface area contributed by atoms with Crippen LogP contribution in [0.3, 0.4) is 0 Å². The van der Waals surface area contributed by atoms with E-state index in [1.807, 2.05) is 31.2 Å². The Bertz CT molecular complexity index is 370. The lowest BCUT2D eigenvalue weighted by molar-refractivity contribution is 0.0702. The Balaban J connectivity index is 2.14. The average molecular weight is 264 g/mol. The molecule has 0 amide bonds. The maximum Gasteiger partial charge on any atom is 0.118 e. The third-order valence-corrected chi connectivity index (χ3v) is 2.93. The van der Waals surface area contributed by atoms with Crippen LogP contribution >= 0.6 is 0 Å². The molecular formula is C16H24O3. The van der Waals surface area contributed by atoms with Gasteiger partial charge in [-0.1, -0.05) is 17.7 Å². The van der Waals surface area contributed by atoms with Crippen LogP contribution in [0.5, 0.6) is 5.75 Å². The fraction of sp³-hybridized carbons (Fsp3) is 0.500. The molecule has 0 bridgehead atoms. The summed E-state index contributed by atoms with van der Waals surface area (Å²) in [4.78, 5) is 0. The highest BCUT2D eigenvalue weighted by Gasteiger charge is 2.04. The molecule has 3 nitrogen and oxygen atoms in total. The van der Waals surface area contributed by atoms with E-state index >= 15 is 0 Å². The second kappa shape index (κ2) is 8.73. The van der Waals surface area contributed by atoms with Crippen molar-refractivity contribution < 1.29 is 14.6 Å². The van der Waals surface area contributed by atoms with E-state index in [1.54, 1.807) is 7.11 Å². The molecule has 1 unspecified atom stereocenters. The summed E-state index contributed by atoms with van der Waals surface area (Å²) in [6.45, 7) is 6.94. The van der Waals surface area contributed by atoms with Gasteiger partial charge in [0.25, 0.3) is 0 Å². The first kappa shape index (κ1) is 15.7. The van der Waals surface area contributed by atoms with E-state index in [2.05, 4.69) is 6.58 Å². The molecule has 0 aliphatic carbocycles. The van der Waals surface area contributed by atoms with Crippen molar-refractivity contribution in [2.75, 3.05) is 13.7 Å². The number of benzene rings is 1. The second-order valence-corrected chi connectivity index (χ2v) is 4.84. The molecule has 106 valence electrons. The van der Waals surface area contributed by atoms with Crippen molar-refractivity contribution in [3.05, 3.63) is 42.0 Å². The maximum absolute atomic E-state index is 9.73. The number of methoxy groups -OCH3 is 1. The minimum Gasteiger partial charge on any atom is -0.497 e. The maximum atomic E-state index is 9.73. The predicted molar refractivity (Wildman–Crippen MR) is 77.3 cm³/mol. The molecule has 1 aromatic rings. The molecule has 0 saturated heterocycles. The monoisotopic (exact) mass is 264 g/mol. The molecule has 3 heteroatoms. The van der Waals surface area contributed by atoms with Gasteiger partial charge in [0.05, 0.1) is 19.8 Å². The predicted octanol–water partition coefficient (Wildman–Crippen LogP) is 3.32. The molecule has 0 spiro atoms. The van der Waals surface area contributed by atoms with Crippen LogP contribution in [0.1, 0.15) is 31.7 Å². The van der Waals surface area contributed by atoms with Crippen LogP contribution in [0, 0.1) is 0 Å². The number of aliphatic hydroxyl groups is 1. The Labute approximate surface area is 115 Å². The topological polar surface area (TPSA) is 38.7 Å². The Hall–Kier alpha value is -1.32. The summed E-state index contributed by atoms with van der Waals surface area (Å²) < 4.78 is 10.6. The Kier molecular flexibility index (Phi) is 7.23. The van der Waals surface area contributed by atoms with E-state index < -0.39 is 0 Å². The largest absolute Gasteiger partial charge is 0.497 e. The Morgan fingerprint density at radius 2 is 1.95 bits per heavy atom. The first-order valence-corrected chi connectivity index (χ1v) is 6.65. The van der Waals surface area contributed by atoms with Crippen LogP contribution in [0.15, 0.2) is 36.4 Å². The van der Waals surface area contributed by atoms with Crippen LogP contribution in [0.2, 0.25) is 0 Å². The third-order valence-electron chi connectivity index (χ3n) is 2.93. The third kappa shape index (κ3) is 6.99. The molecule has 1 N–H and O–H groups in total. The first-order valence-electron chi connectivity index (χ1n) is 6.65. The van der Waals surface area contributed by atoms with Gasteiger partial charge in [-0.05, 0) is 43.9 Å². The lowest BCUT2D eigenvalue weighted by Gasteiger charge is -2.11. The first-order chi connectivity index (χ1) is 9.11. The van der Waals surface area contributed by atoms with Crippen LogP contribution in [0.4, 0.5) is 0 Å². The van der Waals surface area contributed by atoms with Crippen molar-refractivity contribution in [2.45, 2.75) is 38.9 Å². The van der Waals surface area contributed by atoms with Gasteiger partial charge < -0.3 is 14.6 Å². The molecule has 1 atom stereocenters. The fourth-order valence-corrected chi connectivity index (χ4v) is 1.69. The summed E-state index contributed by atoms with van der Waals surface area (Å²) in [5.74, 6) is 0.846. The quantitative estimate of drug-likeness (QED) is 0.549. The minimum absolute atomic E-state index is 0.299. The van der Waals surface area contributed by atoms with E-state index in [4.69, 9.17) is 9.47 Å². The van der Waals surface area contributed by atoms with Gasteiger partial charge in [0.2, 0.25) is 0 Å². The van der Waals surface area contributed by atoms with Gasteiger partial charge in [-0.2, -0.15) is 0 Å². The van der Waals surface area contributed by atoms with E-state index in [-0.39, 0.29) is 6.10 Å². The van der Waals surface area contributed by atoms with Gasteiger partial charge in [0, 0.05) is 6.61 Å². The van der Waals surface area contributed by atoms with Crippen molar-refractivity contribution in [1.82, 2.24) is 0 Å². The van der Waals surface area contributed by atoms with E-state index in [0.29, 0.717) is 19.6 Å². The molecule has 0 radical (unpaired) electrons. The van der Waals surface area contributed by atoms with Crippen molar-refractivity contribution in [2.24, 2.45) is 0 Å². The molecule has 0 aromatic heterocycles. The van der Waals surface area contributed by atoms with Gasteiger partial charge in [-0.25, -0.2) is 0 Å². The normalized spacial score (nSPS) is 12.2. The summed E-state index contributed by atoms with van der Waals surface area (Å²) in [7, 11) is 1.65.